The van der Waals surface area contributed by atoms with Crippen LogP contribution in [0, 0.1) is 17.0 Å². The van der Waals surface area contributed by atoms with Gasteiger partial charge in [0.05, 0.1) is 25.4 Å². The molecule has 0 radical (unpaired) electrons. The van der Waals surface area contributed by atoms with Gasteiger partial charge in [-0.2, -0.15) is 0 Å². The molecule has 3 aromatic rings. The van der Waals surface area contributed by atoms with Crippen molar-refractivity contribution in [2.24, 2.45) is 11.1 Å². The van der Waals surface area contributed by atoms with Gasteiger partial charge in [0.25, 0.3) is 0 Å². The molecule has 18 heteroatoms. The molecule has 3 atom stereocenters. The summed E-state index contributed by atoms with van der Waals surface area (Å²) in [5.41, 5.74) is 6.22. The van der Waals surface area contributed by atoms with Crippen molar-refractivity contribution >= 4 is 41.4 Å². The number of halogens is 2. The molecule has 0 fully saturated rings. The molecule has 59 heavy (non-hydrogen) atoms. The molecule has 3 rings (SSSR count). The summed E-state index contributed by atoms with van der Waals surface area (Å²) in [5.74, 6) is -7.61. The molecule has 320 valence electrons. The average Bonchev–Trinajstić information content (AvgIpc) is 3.55. The highest BCUT2D eigenvalue weighted by Crippen LogP contribution is 2.41. The summed E-state index contributed by atoms with van der Waals surface area (Å²) < 4.78 is 31.4. The summed E-state index contributed by atoms with van der Waals surface area (Å²) in [5, 5.41) is 28.8. The minimum absolute atomic E-state index is 0.0166. The number of benzene rings is 2. The predicted molar refractivity (Wildman–Crippen MR) is 212 cm³/mol. The molecule has 2 aromatic carbocycles. The van der Waals surface area contributed by atoms with Crippen LogP contribution in [0.4, 0.5) is 8.78 Å². The Hall–Kier alpha value is -6.17. The molecular weight excluding hydrogens is 772 g/mol. The number of aliphatic hydroxyl groups is 1. The van der Waals surface area contributed by atoms with Crippen LogP contribution in [0.2, 0.25) is 0 Å². The van der Waals surface area contributed by atoms with Crippen LogP contribution in [0.1, 0.15) is 77.6 Å². The molecule has 0 bridgehead atoms. The number of rotatable bonds is 21. The van der Waals surface area contributed by atoms with Gasteiger partial charge in [0, 0.05) is 48.6 Å². The molecule has 0 saturated heterocycles. The third-order valence-corrected chi connectivity index (χ3v) is 9.02. The fourth-order valence-corrected chi connectivity index (χ4v) is 6.44. The van der Waals surface area contributed by atoms with Gasteiger partial charge in [-0.05, 0) is 55.5 Å². The van der Waals surface area contributed by atoms with Gasteiger partial charge >= 0.3 is 5.97 Å². The van der Waals surface area contributed by atoms with Crippen LogP contribution in [0.3, 0.4) is 0 Å². The van der Waals surface area contributed by atoms with Crippen LogP contribution in [-0.2, 0) is 40.1 Å². The Morgan fingerprint density at radius 2 is 1.53 bits per heavy atom. The number of hydrogen-bond acceptors (Lipinski definition) is 8. The Morgan fingerprint density at radius 1 is 0.864 bits per heavy atom. The SMILES string of the molecule is CC(C)NC(=O)[C@H](CCN(C(=O)CO)[C@@H](c1cc(-c2cc(F)ccc2F)cn1Cc1ccccc1)C(C)(C)C)NC(=O)[C@H](CC(N)=O)NC(=O)CNC(=O)CCC(=O)O. The number of primary amides is 1. The number of carboxylic acid groups (broad SMARTS) is 1. The van der Waals surface area contributed by atoms with Gasteiger partial charge < -0.3 is 46.7 Å². The molecule has 1 heterocycles. The van der Waals surface area contributed by atoms with E-state index in [9.17, 15) is 43.1 Å². The van der Waals surface area contributed by atoms with Gasteiger partial charge in [-0.15, -0.1) is 0 Å². The molecule has 1 aromatic heterocycles. The second-order valence-corrected chi connectivity index (χ2v) is 15.4. The number of aliphatic hydroxyl groups excluding tert-OH is 1. The van der Waals surface area contributed by atoms with Crippen molar-refractivity contribution in [2.75, 3.05) is 19.7 Å². The molecule has 0 saturated carbocycles. The lowest BCUT2D eigenvalue weighted by atomic mass is 9.82. The van der Waals surface area contributed by atoms with Crippen molar-refractivity contribution in [3.8, 4) is 11.1 Å². The normalized spacial score (nSPS) is 12.8. The third kappa shape index (κ3) is 14.6. The molecule has 0 aliphatic carbocycles. The monoisotopic (exact) mass is 825 g/mol. The molecule has 0 aliphatic heterocycles. The largest absolute Gasteiger partial charge is 0.481 e. The number of amides is 6. The number of aromatic nitrogens is 1. The van der Waals surface area contributed by atoms with Crippen molar-refractivity contribution in [3.05, 3.63) is 83.7 Å². The number of carboxylic acids is 1. The van der Waals surface area contributed by atoms with E-state index in [1.165, 1.54) is 4.90 Å². The number of carbonyl (C=O) groups excluding carboxylic acids is 6. The first-order valence-electron chi connectivity index (χ1n) is 19.0. The zero-order valence-corrected chi connectivity index (χ0v) is 33.7. The predicted octanol–water partition coefficient (Wildman–Crippen LogP) is 2.13. The van der Waals surface area contributed by atoms with Gasteiger partial charge in [-0.3, -0.25) is 33.6 Å². The zero-order chi connectivity index (χ0) is 44.0. The van der Waals surface area contributed by atoms with Crippen molar-refractivity contribution in [1.82, 2.24) is 30.7 Å². The van der Waals surface area contributed by atoms with Crippen LogP contribution >= 0.6 is 0 Å². The van der Waals surface area contributed by atoms with Crippen LogP contribution in [0.25, 0.3) is 11.1 Å². The highest BCUT2D eigenvalue weighted by molar-refractivity contribution is 5.95. The maximum Gasteiger partial charge on any atom is 0.303 e. The van der Waals surface area contributed by atoms with Gasteiger partial charge in [0.15, 0.2) is 0 Å². The van der Waals surface area contributed by atoms with Crippen LogP contribution in [0.15, 0.2) is 60.8 Å². The van der Waals surface area contributed by atoms with E-state index < -0.39 is 115 Å². The van der Waals surface area contributed by atoms with E-state index in [2.05, 4.69) is 21.3 Å². The van der Waals surface area contributed by atoms with E-state index in [1.807, 2.05) is 51.1 Å². The molecular formula is C41H53F2N7O9. The average molecular weight is 826 g/mol. The highest BCUT2D eigenvalue weighted by atomic mass is 19.1. The van der Waals surface area contributed by atoms with E-state index in [0.717, 1.165) is 23.8 Å². The van der Waals surface area contributed by atoms with Crippen LogP contribution in [0.5, 0.6) is 0 Å². The first-order chi connectivity index (χ1) is 27.7. The number of nitrogens with one attached hydrogen (secondary N) is 4. The Labute approximate surface area is 340 Å². The summed E-state index contributed by atoms with van der Waals surface area (Å²) in [6, 6.07) is 9.74. The third-order valence-electron chi connectivity index (χ3n) is 9.02. The van der Waals surface area contributed by atoms with Gasteiger partial charge in [0.1, 0.15) is 30.3 Å². The van der Waals surface area contributed by atoms with E-state index in [0.29, 0.717) is 11.3 Å². The second-order valence-electron chi connectivity index (χ2n) is 15.4. The number of carbonyl (C=O) groups is 7. The molecule has 0 aliphatic rings. The smallest absolute Gasteiger partial charge is 0.303 e. The standard InChI is InChI=1S/C41H53F2N7O9/c1-24(2)46-39(58)30(48-40(59)31(19-33(44)52)47-35(54)20-45-34(53)13-14-37(56)57)15-16-50(36(55)23-51)38(41(3,4)5)32-17-26(28-18-27(42)11-12-29(28)43)22-49(32)21-25-9-7-6-8-10-25/h6-12,17-18,22,24,30-31,38,51H,13-16,19-21,23H2,1-5H3,(H2,44,52)(H,45,53)(H,46,58)(H,47,54)(H,48,59)(H,56,57)/t30-,31-,38-/m0/s1. The Balaban J connectivity index is 2.01. The summed E-state index contributed by atoms with van der Waals surface area (Å²) in [6.07, 6.45) is -0.179. The molecule has 8 N–H and O–H groups in total. The maximum absolute atomic E-state index is 15.2. The summed E-state index contributed by atoms with van der Waals surface area (Å²) in [4.78, 5) is 89.6. The summed E-state index contributed by atoms with van der Waals surface area (Å²) in [6.45, 7) is 7.29. The van der Waals surface area contributed by atoms with E-state index in [-0.39, 0.29) is 25.1 Å². The van der Waals surface area contributed by atoms with Crippen molar-refractivity contribution in [3.63, 3.8) is 0 Å². The minimum atomic E-state index is -1.61. The first kappa shape index (κ1) is 47.2. The quantitative estimate of drug-likeness (QED) is 0.0831. The number of nitrogens with two attached hydrogens (primary N) is 1. The lowest BCUT2D eigenvalue weighted by molar-refractivity contribution is -0.140. The molecule has 16 nitrogen and oxygen atoms in total. The van der Waals surface area contributed by atoms with Gasteiger partial charge in [-0.1, -0.05) is 51.1 Å². The second kappa shape index (κ2) is 21.5. The van der Waals surface area contributed by atoms with Crippen LogP contribution in [-0.4, -0.2) is 98.9 Å². The fourth-order valence-electron chi connectivity index (χ4n) is 6.44. The summed E-state index contributed by atoms with van der Waals surface area (Å²) >= 11 is 0. The number of hydrogen-bond donors (Lipinski definition) is 7. The number of aliphatic carboxylic acids is 1. The lowest BCUT2D eigenvalue weighted by Gasteiger charge is -2.41. The van der Waals surface area contributed by atoms with Gasteiger partial charge in [-0.25, -0.2) is 8.78 Å². The van der Waals surface area contributed by atoms with E-state index in [1.54, 1.807) is 30.7 Å². The number of nitrogens with zero attached hydrogens (tertiary/aromatic N) is 2. The maximum atomic E-state index is 15.2. The van der Waals surface area contributed by atoms with E-state index >= 15 is 4.39 Å². The minimum Gasteiger partial charge on any atom is -0.481 e. The molecule has 0 unspecified atom stereocenters. The highest BCUT2D eigenvalue weighted by Gasteiger charge is 2.38. The van der Waals surface area contributed by atoms with Crippen molar-refractivity contribution in [2.45, 2.75) is 91.0 Å². The van der Waals surface area contributed by atoms with Crippen molar-refractivity contribution in [1.29, 1.82) is 0 Å². The molecule has 0 spiro atoms. The lowest BCUT2D eigenvalue weighted by Crippen LogP contribution is -2.57. The fraction of sp³-hybridized carbons (Fsp3) is 0.439. The zero-order valence-electron chi connectivity index (χ0n) is 33.7. The Bertz CT molecular complexity index is 1980. The van der Waals surface area contributed by atoms with Crippen molar-refractivity contribution < 1.29 is 52.6 Å². The Morgan fingerprint density at radius 3 is 2.12 bits per heavy atom. The Kier molecular flexibility index (Phi) is 17.2. The first-order valence-corrected chi connectivity index (χ1v) is 19.0. The summed E-state index contributed by atoms with van der Waals surface area (Å²) in [7, 11) is 0. The van der Waals surface area contributed by atoms with Crippen LogP contribution < -0.4 is 27.0 Å². The topological polar surface area (TPSA) is 242 Å². The molecule has 6 amide bonds. The van der Waals surface area contributed by atoms with E-state index in [4.69, 9.17) is 10.8 Å². The van der Waals surface area contributed by atoms with Gasteiger partial charge in [0.2, 0.25) is 35.4 Å².